The Kier molecular flexibility index (Phi) is 7.61. The number of para-hydroxylation sites is 1. The highest BCUT2D eigenvalue weighted by Crippen LogP contribution is 2.57. The second kappa shape index (κ2) is 13.1. The van der Waals surface area contributed by atoms with Crippen molar-refractivity contribution in [2.24, 2.45) is 0 Å². The summed E-state index contributed by atoms with van der Waals surface area (Å²) < 4.78 is 2.50. The Morgan fingerprint density at radius 2 is 1.04 bits per heavy atom. The van der Waals surface area contributed by atoms with E-state index in [4.69, 9.17) is 0 Å². The van der Waals surface area contributed by atoms with Gasteiger partial charge in [-0.05, 0) is 86.0 Å². The minimum atomic E-state index is -0.493. The average molecular weight is 718 g/mol. The summed E-state index contributed by atoms with van der Waals surface area (Å²) in [5.41, 5.74) is 15.5. The first-order valence-corrected chi connectivity index (χ1v) is 19.5. The molecule has 2 atom stereocenters. The fraction of sp³-hybridized carbons (Fsp3) is 0.0566. The van der Waals surface area contributed by atoms with Gasteiger partial charge in [0.05, 0.1) is 22.5 Å². The Morgan fingerprint density at radius 3 is 1.77 bits per heavy atom. The van der Waals surface area contributed by atoms with Gasteiger partial charge in [-0.1, -0.05) is 182 Å². The zero-order valence-corrected chi connectivity index (χ0v) is 30.8. The van der Waals surface area contributed by atoms with Gasteiger partial charge in [0.2, 0.25) is 0 Å². The molecule has 2 unspecified atom stereocenters. The summed E-state index contributed by atoms with van der Waals surface area (Å²) in [6.07, 6.45) is 2.08. The number of aromatic nitrogens is 1. The molecule has 0 radical (unpaired) electrons. The van der Waals surface area contributed by atoms with Crippen LogP contribution in [0.3, 0.4) is 0 Å². The van der Waals surface area contributed by atoms with Crippen molar-refractivity contribution in [3.63, 3.8) is 0 Å². The van der Waals surface area contributed by atoms with Crippen LogP contribution in [0.1, 0.15) is 45.7 Å². The molecule has 9 aromatic rings. The van der Waals surface area contributed by atoms with Gasteiger partial charge in [-0.3, -0.25) is 5.32 Å². The summed E-state index contributed by atoms with van der Waals surface area (Å²) in [5.74, 6) is 0. The van der Waals surface area contributed by atoms with Crippen molar-refractivity contribution in [2.75, 3.05) is 0 Å². The van der Waals surface area contributed by atoms with E-state index in [0.29, 0.717) is 0 Å². The number of fused-ring (bicyclic) bond motifs is 6. The Balaban J connectivity index is 1.15. The summed E-state index contributed by atoms with van der Waals surface area (Å²) >= 11 is 0. The van der Waals surface area contributed by atoms with Gasteiger partial charge in [0.15, 0.2) is 6.29 Å². The third-order valence-electron chi connectivity index (χ3n) is 11.9. The maximum absolute atomic E-state index is 4.08. The molecule has 8 aromatic carbocycles. The molecule has 2 aliphatic rings. The first kappa shape index (κ1) is 32.5. The van der Waals surface area contributed by atoms with E-state index < -0.39 is 5.41 Å². The summed E-state index contributed by atoms with van der Waals surface area (Å²) in [5, 5.41) is 10.5. The monoisotopic (exact) mass is 717 g/mol. The van der Waals surface area contributed by atoms with E-state index in [-0.39, 0.29) is 12.3 Å². The van der Waals surface area contributed by atoms with Crippen molar-refractivity contribution in [3.8, 4) is 22.3 Å². The Hall–Kier alpha value is -6.94. The number of hydrogen-bond acceptors (Lipinski definition) is 2. The lowest BCUT2D eigenvalue weighted by molar-refractivity contribution is 0.350. The Morgan fingerprint density at radius 1 is 0.429 bits per heavy atom. The van der Waals surface area contributed by atoms with E-state index in [1.54, 1.807) is 0 Å². The second-order valence-electron chi connectivity index (χ2n) is 15.0. The average Bonchev–Trinajstić information content (AvgIpc) is 3.76. The first-order valence-electron chi connectivity index (χ1n) is 19.5. The predicted molar refractivity (Wildman–Crippen MR) is 231 cm³/mol. The van der Waals surface area contributed by atoms with Gasteiger partial charge in [-0.25, -0.2) is 0 Å². The van der Waals surface area contributed by atoms with Crippen LogP contribution in [0.2, 0.25) is 0 Å². The second-order valence-corrected chi connectivity index (χ2v) is 15.0. The Labute approximate surface area is 327 Å². The van der Waals surface area contributed by atoms with Gasteiger partial charge in [0.1, 0.15) is 0 Å². The summed E-state index contributed by atoms with van der Waals surface area (Å²) in [4.78, 5) is 0. The lowest BCUT2D eigenvalue weighted by Crippen LogP contribution is -2.43. The van der Waals surface area contributed by atoms with Gasteiger partial charge in [-0.2, -0.15) is 0 Å². The maximum atomic E-state index is 4.08. The van der Waals surface area contributed by atoms with Gasteiger partial charge in [0, 0.05) is 16.5 Å². The van der Waals surface area contributed by atoms with E-state index in [1.165, 1.54) is 71.9 Å². The molecule has 2 N–H and O–H groups in total. The highest BCUT2D eigenvalue weighted by Gasteiger charge is 2.46. The summed E-state index contributed by atoms with van der Waals surface area (Å²) in [6, 6.07) is 75.3. The van der Waals surface area contributed by atoms with Crippen molar-refractivity contribution in [3.05, 3.63) is 246 Å². The molecular formula is C53H39N3. The van der Waals surface area contributed by atoms with Crippen molar-refractivity contribution < 1.29 is 0 Å². The molecule has 0 saturated carbocycles. The molecule has 0 spiro atoms. The zero-order chi connectivity index (χ0) is 37.1. The molecule has 2 heterocycles. The number of benzene rings is 8. The summed E-state index contributed by atoms with van der Waals surface area (Å²) in [6.45, 7) is 0. The van der Waals surface area contributed by atoms with E-state index >= 15 is 0 Å². The fourth-order valence-electron chi connectivity index (χ4n) is 9.50. The molecule has 0 bridgehead atoms. The molecule has 1 aliphatic heterocycles. The van der Waals surface area contributed by atoms with Gasteiger partial charge in [-0.15, -0.1) is 0 Å². The van der Waals surface area contributed by atoms with Crippen LogP contribution in [-0.4, -0.2) is 4.57 Å². The summed E-state index contributed by atoms with van der Waals surface area (Å²) in [7, 11) is 0. The number of nitrogens with one attached hydrogen (secondary N) is 2. The number of hydrogen-bond donors (Lipinski definition) is 2. The van der Waals surface area contributed by atoms with Crippen LogP contribution in [0.4, 0.5) is 0 Å². The van der Waals surface area contributed by atoms with Crippen molar-refractivity contribution in [1.82, 2.24) is 15.2 Å². The minimum absolute atomic E-state index is 0.0530. The molecule has 3 nitrogen and oxygen atoms in total. The van der Waals surface area contributed by atoms with Gasteiger partial charge < -0.3 is 9.88 Å². The van der Waals surface area contributed by atoms with Gasteiger partial charge >= 0.3 is 0 Å². The van der Waals surface area contributed by atoms with Crippen LogP contribution >= 0.6 is 0 Å². The maximum Gasteiger partial charge on any atom is 0.160 e. The number of nitrogens with zero attached hydrogens (tertiary/aromatic N) is 1. The third-order valence-corrected chi connectivity index (χ3v) is 11.9. The third kappa shape index (κ3) is 5.02. The normalized spacial score (nSPS) is 16.9. The topological polar surface area (TPSA) is 29.0 Å². The fourth-order valence-corrected chi connectivity index (χ4v) is 9.50. The van der Waals surface area contributed by atoms with E-state index in [9.17, 15) is 0 Å². The quantitative estimate of drug-likeness (QED) is 0.179. The van der Waals surface area contributed by atoms with Crippen molar-refractivity contribution in [1.29, 1.82) is 0 Å². The molecule has 0 saturated heterocycles. The lowest BCUT2D eigenvalue weighted by Gasteiger charge is -2.35. The molecular weight excluding hydrogens is 679 g/mol. The van der Waals surface area contributed by atoms with Crippen LogP contribution in [0, 0.1) is 0 Å². The van der Waals surface area contributed by atoms with Crippen LogP contribution in [0.15, 0.2) is 212 Å². The van der Waals surface area contributed by atoms with E-state index in [0.717, 1.165) is 11.3 Å². The molecule has 0 amide bonds. The smallest absolute Gasteiger partial charge is 0.160 e. The van der Waals surface area contributed by atoms with Crippen molar-refractivity contribution >= 4 is 27.5 Å². The molecule has 1 aliphatic carbocycles. The highest BCUT2D eigenvalue weighted by atomic mass is 15.3. The van der Waals surface area contributed by atoms with Crippen LogP contribution in [0.5, 0.6) is 0 Å². The van der Waals surface area contributed by atoms with E-state index in [1.807, 2.05) is 0 Å². The molecule has 11 rings (SSSR count). The SMILES string of the molecule is C1=C(c2ccccc2)NC(n2c3ccccc3c3cc4c(cc32)C(c2ccccc2)(c2ccccc2)c2ccccc2-4)NC1c1cccc(-c2ccccc2)c1. The molecule has 0 fully saturated rings. The zero-order valence-electron chi connectivity index (χ0n) is 30.8. The van der Waals surface area contributed by atoms with Crippen LogP contribution in [-0.2, 0) is 5.41 Å². The molecule has 3 heteroatoms. The van der Waals surface area contributed by atoms with E-state index in [2.05, 4.69) is 228 Å². The predicted octanol–water partition coefficient (Wildman–Crippen LogP) is 12.3. The van der Waals surface area contributed by atoms with Crippen LogP contribution < -0.4 is 10.6 Å². The minimum Gasteiger partial charge on any atom is -0.352 e. The first-order chi connectivity index (χ1) is 27.8. The van der Waals surface area contributed by atoms with Crippen LogP contribution in [0.25, 0.3) is 49.8 Å². The standard InChI is InChI=1S/C53H39N3/c1-5-18-36(19-6-1)38-22-17-23-39(32-38)49-35-48(37-20-7-2-8-21-37)54-52(55-49)56-50-31-16-14-29-43(50)45-33-44-42-28-13-15-30-46(42)53(47(44)34-51(45)56,40-24-9-3-10-25-40)41-26-11-4-12-27-41/h1-35,49,52,54-55H. The number of rotatable bonds is 6. The lowest BCUT2D eigenvalue weighted by atomic mass is 9.67. The Bertz CT molecular complexity index is 2870. The molecule has 1 aromatic heterocycles. The van der Waals surface area contributed by atoms with Crippen molar-refractivity contribution in [2.45, 2.75) is 17.7 Å². The molecule has 56 heavy (non-hydrogen) atoms. The largest absolute Gasteiger partial charge is 0.352 e. The molecule has 266 valence electrons. The highest BCUT2D eigenvalue weighted by molar-refractivity contribution is 6.11. The van der Waals surface area contributed by atoms with Gasteiger partial charge in [0.25, 0.3) is 0 Å².